The molecule has 0 radical (unpaired) electrons. The number of nitrogens with zero attached hydrogens (tertiary/aromatic N) is 3. The van der Waals surface area contributed by atoms with Crippen molar-refractivity contribution in [3.8, 4) is 0 Å². The van der Waals surface area contributed by atoms with Gasteiger partial charge in [-0.2, -0.15) is 0 Å². The van der Waals surface area contributed by atoms with Gasteiger partial charge in [-0.05, 0) is 23.2 Å². The van der Waals surface area contributed by atoms with Crippen LogP contribution in [0.1, 0.15) is 5.56 Å². The Balaban J connectivity index is 2.58. The summed E-state index contributed by atoms with van der Waals surface area (Å²) in [6.07, 6.45) is 3.49. The van der Waals surface area contributed by atoms with Crippen molar-refractivity contribution >= 4 is 6.08 Å². The second kappa shape index (κ2) is 4.95. The number of halogens is 1. The van der Waals surface area contributed by atoms with Crippen molar-refractivity contribution in [2.75, 3.05) is 6.54 Å². The Kier molecular flexibility index (Phi) is 3.54. The molecular weight excluding hydrogens is 169 g/mol. The molecule has 1 aromatic carbocycles. The van der Waals surface area contributed by atoms with Gasteiger partial charge in [0.1, 0.15) is 5.82 Å². The van der Waals surface area contributed by atoms with Crippen molar-refractivity contribution in [2.45, 2.75) is 0 Å². The maximum atomic E-state index is 12.4. The average molecular weight is 177 g/mol. The molecule has 3 nitrogen and oxygen atoms in total. The van der Waals surface area contributed by atoms with Crippen LogP contribution in [0.4, 0.5) is 4.39 Å². The number of benzene rings is 1. The van der Waals surface area contributed by atoms with Crippen LogP contribution in [0.25, 0.3) is 16.5 Å². The second-order valence-corrected chi connectivity index (χ2v) is 2.37. The van der Waals surface area contributed by atoms with E-state index in [1.54, 1.807) is 24.3 Å². The van der Waals surface area contributed by atoms with Gasteiger partial charge in [0.05, 0.1) is 0 Å². The van der Waals surface area contributed by atoms with Gasteiger partial charge in [-0.3, -0.25) is 0 Å². The number of hydrogen-bond donors (Lipinski definition) is 0. The normalized spacial score (nSPS) is 9.92. The fourth-order valence-corrected chi connectivity index (χ4v) is 0.846. The summed E-state index contributed by atoms with van der Waals surface area (Å²) in [6, 6.07) is 6.07. The standard InChI is InChI=1S/C9H8FN3/c10-9-5-3-8(4-6-9)2-1-7-12-13-11/h1-6H,7H2. The fraction of sp³-hybridized carbons (Fsp3) is 0.111. The van der Waals surface area contributed by atoms with Crippen LogP contribution < -0.4 is 0 Å². The van der Waals surface area contributed by atoms with Crippen LogP contribution in [-0.4, -0.2) is 6.54 Å². The second-order valence-electron chi connectivity index (χ2n) is 2.37. The summed E-state index contributed by atoms with van der Waals surface area (Å²) >= 11 is 0. The van der Waals surface area contributed by atoms with E-state index in [0.29, 0.717) is 6.54 Å². The maximum Gasteiger partial charge on any atom is 0.123 e. The highest BCUT2D eigenvalue weighted by atomic mass is 19.1. The summed E-state index contributed by atoms with van der Waals surface area (Å²) in [5.74, 6) is -0.257. The lowest BCUT2D eigenvalue weighted by molar-refractivity contribution is 0.628. The fourth-order valence-electron chi connectivity index (χ4n) is 0.846. The lowest BCUT2D eigenvalue weighted by atomic mass is 10.2. The van der Waals surface area contributed by atoms with Crippen LogP contribution in [0.3, 0.4) is 0 Å². The molecule has 0 aliphatic heterocycles. The zero-order valence-corrected chi connectivity index (χ0v) is 6.89. The molecule has 0 saturated heterocycles. The molecule has 66 valence electrons. The molecule has 13 heavy (non-hydrogen) atoms. The van der Waals surface area contributed by atoms with Crippen LogP contribution in [0.15, 0.2) is 35.5 Å². The summed E-state index contributed by atoms with van der Waals surface area (Å²) in [7, 11) is 0. The van der Waals surface area contributed by atoms with Gasteiger partial charge in [0.2, 0.25) is 0 Å². The van der Waals surface area contributed by atoms with Gasteiger partial charge < -0.3 is 0 Å². The zero-order chi connectivity index (χ0) is 9.52. The molecule has 1 aromatic rings. The first-order valence-electron chi connectivity index (χ1n) is 3.76. The third kappa shape index (κ3) is 3.40. The SMILES string of the molecule is [N-]=[N+]=NCC=Cc1ccc(F)cc1. The molecule has 0 saturated carbocycles. The van der Waals surface area contributed by atoms with Crippen LogP contribution in [0.2, 0.25) is 0 Å². The van der Waals surface area contributed by atoms with E-state index in [0.717, 1.165) is 5.56 Å². The molecule has 0 N–H and O–H groups in total. The monoisotopic (exact) mass is 177 g/mol. The van der Waals surface area contributed by atoms with Crippen LogP contribution >= 0.6 is 0 Å². The maximum absolute atomic E-state index is 12.4. The summed E-state index contributed by atoms with van der Waals surface area (Å²) in [6.45, 7) is 0.313. The minimum atomic E-state index is -0.257. The first kappa shape index (κ1) is 9.29. The van der Waals surface area contributed by atoms with E-state index in [2.05, 4.69) is 10.0 Å². The molecule has 0 spiro atoms. The van der Waals surface area contributed by atoms with Gasteiger partial charge >= 0.3 is 0 Å². The van der Waals surface area contributed by atoms with E-state index in [9.17, 15) is 4.39 Å². The topological polar surface area (TPSA) is 48.8 Å². The van der Waals surface area contributed by atoms with Crippen LogP contribution in [0, 0.1) is 5.82 Å². The van der Waals surface area contributed by atoms with Crippen molar-refractivity contribution in [3.05, 3.63) is 52.2 Å². The summed E-state index contributed by atoms with van der Waals surface area (Å²) < 4.78 is 12.4. The number of rotatable bonds is 3. The summed E-state index contributed by atoms with van der Waals surface area (Å²) in [5, 5.41) is 3.32. The lowest BCUT2D eigenvalue weighted by Crippen LogP contribution is -1.75. The Morgan fingerprint density at radius 2 is 2.08 bits per heavy atom. The Morgan fingerprint density at radius 3 is 2.69 bits per heavy atom. The predicted octanol–water partition coefficient (Wildman–Crippen LogP) is 3.15. The molecule has 1 rings (SSSR count). The Labute approximate surface area is 75.1 Å². The predicted molar refractivity (Wildman–Crippen MR) is 49.4 cm³/mol. The van der Waals surface area contributed by atoms with Gasteiger partial charge in [-0.25, -0.2) is 4.39 Å². The number of azide groups is 1. The van der Waals surface area contributed by atoms with E-state index < -0.39 is 0 Å². The molecule has 0 aliphatic carbocycles. The molecule has 0 heterocycles. The van der Waals surface area contributed by atoms with E-state index in [1.165, 1.54) is 12.1 Å². The van der Waals surface area contributed by atoms with E-state index >= 15 is 0 Å². The van der Waals surface area contributed by atoms with Crippen molar-refractivity contribution in [2.24, 2.45) is 5.11 Å². The molecule has 0 bridgehead atoms. The summed E-state index contributed by atoms with van der Waals surface area (Å²) in [4.78, 5) is 2.59. The molecule has 0 aromatic heterocycles. The quantitative estimate of drug-likeness (QED) is 0.387. The zero-order valence-electron chi connectivity index (χ0n) is 6.89. The molecule has 0 aliphatic rings. The summed E-state index contributed by atoms with van der Waals surface area (Å²) in [5.41, 5.74) is 8.86. The molecule has 0 amide bonds. The van der Waals surface area contributed by atoms with Crippen molar-refractivity contribution < 1.29 is 4.39 Å². The lowest BCUT2D eigenvalue weighted by Gasteiger charge is -1.91. The van der Waals surface area contributed by atoms with Gasteiger partial charge in [0, 0.05) is 11.5 Å². The minimum absolute atomic E-state index is 0.257. The molecule has 0 fully saturated rings. The van der Waals surface area contributed by atoms with Crippen LogP contribution in [0.5, 0.6) is 0 Å². The minimum Gasteiger partial charge on any atom is -0.207 e. The van der Waals surface area contributed by atoms with Crippen LogP contribution in [-0.2, 0) is 0 Å². The van der Waals surface area contributed by atoms with E-state index in [-0.39, 0.29) is 5.82 Å². The van der Waals surface area contributed by atoms with Crippen molar-refractivity contribution in [1.82, 2.24) is 0 Å². The first-order valence-corrected chi connectivity index (χ1v) is 3.76. The van der Waals surface area contributed by atoms with Gasteiger partial charge in [0.25, 0.3) is 0 Å². The smallest absolute Gasteiger partial charge is 0.123 e. The molecule has 4 heteroatoms. The van der Waals surface area contributed by atoms with Gasteiger partial charge in [-0.1, -0.05) is 29.4 Å². The van der Waals surface area contributed by atoms with Gasteiger partial charge in [-0.15, -0.1) is 0 Å². The highest BCUT2D eigenvalue weighted by Crippen LogP contribution is 2.04. The largest absolute Gasteiger partial charge is 0.207 e. The van der Waals surface area contributed by atoms with Crippen molar-refractivity contribution in [1.29, 1.82) is 0 Å². The molecule has 0 atom stereocenters. The Bertz CT molecular complexity index is 336. The Morgan fingerprint density at radius 1 is 1.38 bits per heavy atom. The Hall–Kier alpha value is -1.80. The highest BCUT2D eigenvalue weighted by molar-refractivity contribution is 5.48. The number of hydrogen-bond acceptors (Lipinski definition) is 1. The van der Waals surface area contributed by atoms with E-state index in [4.69, 9.17) is 5.53 Å². The molecule has 0 unspecified atom stereocenters. The average Bonchev–Trinajstić information content (AvgIpc) is 2.15. The van der Waals surface area contributed by atoms with E-state index in [1.807, 2.05) is 0 Å². The van der Waals surface area contributed by atoms with Crippen molar-refractivity contribution in [3.63, 3.8) is 0 Å². The molecular formula is C9H8FN3. The third-order valence-corrected chi connectivity index (χ3v) is 1.43. The first-order chi connectivity index (χ1) is 6.33. The van der Waals surface area contributed by atoms with Gasteiger partial charge in [0.15, 0.2) is 0 Å². The third-order valence-electron chi connectivity index (χ3n) is 1.43. The highest BCUT2D eigenvalue weighted by Gasteiger charge is 1.87.